The Labute approximate surface area is 160 Å². The number of nitrogens with two attached hydrogens (primary N) is 1. The van der Waals surface area contributed by atoms with Crippen molar-refractivity contribution >= 4 is 17.6 Å². The molecule has 0 bridgehead atoms. The Hall–Kier alpha value is -3.02. The van der Waals surface area contributed by atoms with E-state index in [1.54, 1.807) is 19.2 Å². The summed E-state index contributed by atoms with van der Waals surface area (Å²) >= 11 is 0. The first kappa shape index (κ1) is 18.8. The van der Waals surface area contributed by atoms with Crippen LogP contribution in [0.3, 0.4) is 0 Å². The Bertz CT molecular complexity index is 816. The lowest BCUT2D eigenvalue weighted by Gasteiger charge is -2.20. The lowest BCUT2D eigenvalue weighted by atomic mass is 10.1. The Morgan fingerprint density at radius 1 is 1.26 bits per heavy atom. The number of aliphatic imine (C=N–C) groups is 1. The van der Waals surface area contributed by atoms with Crippen LogP contribution >= 0.6 is 0 Å². The highest BCUT2D eigenvalue weighted by atomic mass is 16.1. The number of nitrogens with one attached hydrogen (secondary N) is 2. The summed E-state index contributed by atoms with van der Waals surface area (Å²) in [7, 11) is 1.77. The van der Waals surface area contributed by atoms with Gasteiger partial charge in [-0.3, -0.25) is 9.79 Å². The number of anilines is 1. The monoisotopic (exact) mass is 365 g/mol. The summed E-state index contributed by atoms with van der Waals surface area (Å²) in [6.07, 6.45) is 1.06. The van der Waals surface area contributed by atoms with Gasteiger partial charge in [0.15, 0.2) is 5.96 Å². The van der Waals surface area contributed by atoms with E-state index in [9.17, 15) is 4.79 Å². The van der Waals surface area contributed by atoms with Crippen LogP contribution in [0.2, 0.25) is 0 Å². The van der Waals surface area contributed by atoms with E-state index in [2.05, 4.69) is 51.7 Å². The first-order valence-corrected chi connectivity index (χ1v) is 9.22. The van der Waals surface area contributed by atoms with Crippen LogP contribution in [-0.2, 0) is 6.54 Å². The molecule has 1 aliphatic rings. The first-order valence-electron chi connectivity index (χ1n) is 9.22. The minimum atomic E-state index is -0.415. The number of benzene rings is 2. The van der Waals surface area contributed by atoms with Crippen LogP contribution in [0.1, 0.15) is 27.9 Å². The van der Waals surface area contributed by atoms with E-state index in [-0.39, 0.29) is 0 Å². The Balaban J connectivity index is 1.53. The predicted octanol–water partition coefficient (Wildman–Crippen LogP) is 2.04. The Kier molecular flexibility index (Phi) is 5.96. The molecule has 0 radical (unpaired) electrons. The third kappa shape index (κ3) is 5.00. The Morgan fingerprint density at radius 2 is 2.04 bits per heavy atom. The lowest BCUT2D eigenvalue weighted by Crippen LogP contribution is -2.44. The van der Waals surface area contributed by atoms with Crippen molar-refractivity contribution in [1.82, 2.24) is 10.6 Å². The summed E-state index contributed by atoms with van der Waals surface area (Å²) in [4.78, 5) is 18.0. The average Bonchev–Trinajstić information content (AvgIpc) is 3.14. The SMILES string of the molecule is CN=C(NCc1cccc(C(N)=O)c1)NC1CCN(c2ccc(C)cc2)C1. The highest BCUT2D eigenvalue weighted by molar-refractivity contribution is 5.92. The summed E-state index contributed by atoms with van der Waals surface area (Å²) in [5, 5.41) is 6.80. The third-order valence-electron chi connectivity index (χ3n) is 4.82. The fourth-order valence-electron chi connectivity index (χ4n) is 3.28. The highest BCUT2D eigenvalue weighted by Gasteiger charge is 2.23. The minimum Gasteiger partial charge on any atom is -0.369 e. The molecule has 0 spiro atoms. The lowest BCUT2D eigenvalue weighted by molar-refractivity contribution is 0.1000. The number of hydrogen-bond donors (Lipinski definition) is 3. The number of carbonyl (C=O) groups is 1. The van der Waals surface area contributed by atoms with Crippen molar-refractivity contribution in [3.63, 3.8) is 0 Å². The molecule has 1 atom stereocenters. The summed E-state index contributed by atoms with van der Waals surface area (Å²) in [6.45, 7) is 4.65. The molecule has 1 amide bonds. The van der Waals surface area contributed by atoms with Gasteiger partial charge >= 0.3 is 0 Å². The largest absolute Gasteiger partial charge is 0.369 e. The van der Waals surface area contributed by atoms with Crippen molar-refractivity contribution in [2.45, 2.75) is 25.9 Å². The molecule has 2 aromatic carbocycles. The number of carbonyl (C=O) groups excluding carboxylic acids is 1. The van der Waals surface area contributed by atoms with E-state index in [0.29, 0.717) is 18.2 Å². The van der Waals surface area contributed by atoms with Crippen molar-refractivity contribution in [2.24, 2.45) is 10.7 Å². The zero-order valence-electron chi connectivity index (χ0n) is 15.9. The smallest absolute Gasteiger partial charge is 0.248 e. The second-order valence-corrected chi connectivity index (χ2v) is 6.90. The summed E-state index contributed by atoms with van der Waals surface area (Å²) in [5.74, 6) is 0.344. The highest BCUT2D eigenvalue weighted by Crippen LogP contribution is 2.20. The van der Waals surface area contributed by atoms with Gasteiger partial charge < -0.3 is 21.3 Å². The van der Waals surface area contributed by atoms with E-state index < -0.39 is 5.91 Å². The number of rotatable bonds is 5. The van der Waals surface area contributed by atoms with Crippen molar-refractivity contribution in [3.8, 4) is 0 Å². The van der Waals surface area contributed by atoms with Crippen molar-refractivity contribution < 1.29 is 4.79 Å². The molecule has 3 rings (SSSR count). The fraction of sp³-hybridized carbons (Fsp3) is 0.333. The van der Waals surface area contributed by atoms with Crippen molar-refractivity contribution in [1.29, 1.82) is 0 Å². The molecule has 0 aliphatic carbocycles. The van der Waals surface area contributed by atoms with Crippen molar-refractivity contribution in [2.75, 3.05) is 25.0 Å². The number of aryl methyl sites for hydroxylation is 1. The molecule has 1 saturated heterocycles. The quantitative estimate of drug-likeness (QED) is 0.559. The average molecular weight is 365 g/mol. The second kappa shape index (κ2) is 8.58. The molecule has 0 aromatic heterocycles. The van der Waals surface area contributed by atoms with E-state index in [0.717, 1.165) is 31.0 Å². The van der Waals surface area contributed by atoms with Gasteiger partial charge in [0.1, 0.15) is 0 Å². The molecule has 1 fully saturated rings. The number of nitrogens with zero attached hydrogens (tertiary/aromatic N) is 2. The molecule has 2 aromatic rings. The van der Waals surface area contributed by atoms with Gasteiger partial charge in [-0.2, -0.15) is 0 Å². The zero-order chi connectivity index (χ0) is 19.2. The molecule has 1 aliphatic heterocycles. The predicted molar refractivity (Wildman–Crippen MR) is 110 cm³/mol. The van der Waals surface area contributed by atoms with Gasteiger partial charge in [0.25, 0.3) is 0 Å². The minimum absolute atomic E-state index is 0.342. The molecule has 6 heteroatoms. The molecule has 27 heavy (non-hydrogen) atoms. The normalized spacial score (nSPS) is 17.0. The fourth-order valence-corrected chi connectivity index (χ4v) is 3.28. The molecule has 1 unspecified atom stereocenters. The van der Waals surface area contributed by atoms with Gasteiger partial charge in [0.2, 0.25) is 5.91 Å². The zero-order valence-corrected chi connectivity index (χ0v) is 15.9. The van der Waals surface area contributed by atoms with Gasteiger partial charge in [0, 0.05) is 44.0 Å². The van der Waals surface area contributed by atoms with E-state index in [4.69, 9.17) is 5.73 Å². The van der Waals surface area contributed by atoms with E-state index in [1.807, 2.05) is 12.1 Å². The molecule has 4 N–H and O–H groups in total. The molecule has 142 valence electrons. The van der Waals surface area contributed by atoms with Crippen LogP contribution in [0.4, 0.5) is 5.69 Å². The standard InChI is InChI=1S/C21H27N5O/c1-15-6-8-19(9-7-15)26-11-10-18(14-26)25-21(23-2)24-13-16-4-3-5-17(12-16)20(22)27/h3-9,12,18H,10-11,13-14H2,1-2H3,(H2,22,27)(H2,23,24,25). The molecule has 0 saturated carbocycles. The molecule has 6 nitrogen and oxygen atoms in total. The van der Waals surface area contributed by atoms with Gasteiger partial charge in [-0.25, -0.2) is 0 Å². The topological polar surface area (TPSA) is 82.7 Å². The van der Waals surface area contributed by atoms with E-state index >= 15 is 0 Å². The van der Waals surface area contributed by atoms with Crippen molar-refractivity contribution in [3.05, 3.63) is 65.2 Å². The van der Waals surface area contributed by atoms with Crippen LogP contribution in [0.15, 0.2) is 53.5 Å². The van der Waals surface area contributed by atoms with Gasteiger partial charge in [-0.15, -0.1) is 0 Å². The maximum absolute atomic E-state index is 11.3. The maximum atomic E-state index is 11.3. The first-order chi connectivity index (χ1) is 13.0. The van der Waals surface area contributed by atoms with E-state index in [1.165, 1.54) is 11.3 Å². The number of amides is 1. The summed E-state index contributed by atoms with van der Waals surface area (Å²) < 4.78 is 0. The molecule has 1 heterocycles. The van der Waals surface area contributed by atoms with Crippen LogP contribution in [0.25, 0.3) is 0 Å². The molecular formula is C21H27N5O. The van der Waals surface area contributed by atoms with Gasteiger partial charge in [0.05, 0.1) is 0 Å². The van der Waals surface area contributed by atoms with Crippen LogP contribution < -0.4 is 21.3 Å². The number of primary amides is 1. The number of hydrogen-bond acceptors (Lipinski definition) is 3. The van der Waals surface area contributed by atoms with Crippen LogP contribution in [-0.4, -0.2) is 38.0 Å². The van der Waals surface area contributed by atoms with Gasteiger partial charge in [-0.1, -0.05) is 29.8 Å². The van der Waals surface area contributed by atoms with Gasteiger partial charge in [-0.05, 0) is 43.2 Å². The second-order valence-electron chi connectivity index (χ2n) is 6.90. The maximum Gasteiger partial charge on any atom is 0.248 e. The Morgan fingerprint density at radius 3 is 2.74 bits per heavy atom. The third-order valence-corrected chi connectivity index (χ3v) is 4.82. The summed E-state index contributed by atoms with van der Waals surface area (Å²) in [6, 6.07) is 16.3. The summed E-state index contributed by atoms with van der Waals surface area (Å²) in [5.41, 5.74) is 9.38. The van der Waals surface area contributed by atoms with Crippen LogP contribution in [0.5, 0.6) is 0 Å². The number of guanidine groups is 1. The van der Waals surface area contributed by atoms with Crippen LogP contribution in [0, 0.1) is 6.92 Å². The molecular weight excluding hydrogens is 338 g/mol.